The van der Waals surface area contributed by atoms with Gasteiger partial charge in [-0.25, -0.2) is 4.98 Å². The van der Waals surface area contributed by atoms with Crippen LogP contribution in [0.1, 0.15) is 53.6 Å². The number of amidine groups is 1. The van der Waals surface area contributed by atoms with Crippen LogP contribution in [0.4, 0.5) is 0 Å². The highest BCUT2D eigenvalue weighted by molar-refractivity contribution is 8.14. The second kappa shape index (κ2) is 7.58. The predicted molar refractivity (Wildman–Crippen MR) is 123 cm³/mol. The number of hydrogen-bond donors (Lipinski definition) is 0. The molecule has 6 heteroatoms. The Balaban J connectivity index is 1.66. The number of aryl methyl sites for hydroxylation is 2. The monoisotopic (exact) mass is 417 g/mol. The summed E-state index contributed by atoms with van der Waals surface area (Å²) in [6.07, 6.45) is 4.87. The molecule has 3 aromatic rings. The van der Waals surface area contributed by atoms with Crippen molar-refractivity contribution in [2.24, 2.45) is 4.99 Å². The van der Waals surface area contributed by atoms with Gasteiger partial charge < -0.3 is 9.47 Å². The molecule has 2 aliphatic heterocycles. The van der Waals surface area contributed by atoms with Crippen molar-refractivity contribution in [3.63, 3.8) is 0 Å². The summed E-state index contributed by atoms with van der Waals surface area (Å²) in [6, 6.07) is 13.3. The lowest BCUT2D eigenvalue weighted by molar-refractivity contribution is 0.254. The molecule has 0 radical (unpaired) electrons. The molecule has 30 heavy (non-hydrogen) atoms. The number of pyridine rings is 2. The van der Waals surface area contributed by atoms with E-state index in [-0.39, 0.29) is 12.1 Å². The second-order valence-corrected chi connectivity index (χ2v) is 9.13. The van der Waals surface area contributed by atoms with E-state index in [1.807, 2.05) is 36.3 Å². The Morgan fingerprint density at radius 2 is 1.90 bits per heavy atom. The second-order valence-electron chi connectivity index (χ2n) is 8.14. The fraction of sp³-hybridized carbons (Fsp3) is 0.375. The van der Waals surface area contributed by atoms with Crippen molar-refractivity contribution in [1.82, 2.24) is 19.4 Å². The van der Waals surface area contributed by atoms with Crippen molar-refractivity contribution in [1.29, 1.82) is 0 Å². The molecule has 0 N–H and O–H groups in total. The van der Waals surface area contributed by atoms with Gasteiger partial charge in [0.1, 0.15) is 11.9 Å². The first kappa shape index (κ1) is 19.4. The smallest absolute Gasteiger partial charge is 0.160 e. The van der Waals surface area contributed by atoms with Crippen LogP contribution in [0.25, 0.3) is 5.82 Å². The molecule has 0 aromatic carbocycles. The van der Waals surface area contributed by atoms with Gasteiger partial charge in [0.25, 0.3) is 0 Å². The van der Waals surface area contributed by atoms with Gasteiger partial charge in [0.05, 0.1) is 11.7 Å². The molecule has 154 valence electrons. The Morgan fingerprint density at radius 3 is 2.63 bits per heavy atom. The van der Waals surface area contributed by atoms with Crippen LogP contribution >= 0.6 is 11.8 Å². The van der Waals surface area contributed by atoms with Crippen molar-refractivity contribution in [3.8, 4) is 5.82 Å². The molecule has 5 rings (SSSR count). The van der Waals surface area contributed by atoms with E-state index in [1.165, 1.54) is 27.7 Å². The van der Waals surface area contributed by atoms with Crippen molar-refractivity contribution >= 4 is 16.9 Å². The summed E-state index contributed by atoms with van der Waals surface area (Å²) in [5.74, 6) is 2.12. The standard InChI is InChI=1S/C24H27N5S/c1-5-18-14-30-24-27-21(20-10-6-7-11-25-20)22(29(18)24)19-13-16(3)28(17(19)4)23-15(2)9-8-12-26-23/h6-13,18,21-22H,5,14H2,1-4H3/t18-,21+,22+/m0/s1. The summed E-state index contributed by atoms with van der Waals surface area (Å²) >= 11 is 1.89. The van der Waals surface area contributed by atoms with E-state index in [0.717, 1.165) is 23.7 Å². The molecule has 0 saturated carbocycles. The Labute approximate surface area is 182 Å². The van der Waals surface area contributed by atoms with Crippen LogP contribution in [0.3, 0.4) is 0 Å². The molecule has 0 unspecified atom stereocenters. The van der Waals surface area contributed by atoms with E-state index < -0.39 is 0 Å². The summed E-state index contributed by atoms with van der Waals surface area (Å²) in [5, 5.41) is 1.17. The topological polar surface area (TPSA) is 46.3 Å². The zero-order valence-corrected chi connectivity index (χ0v) is 18.7. The molecule has 0 bridgehead atoms. The third-order valence-corrected chi connectivity index (χ3v) is 7.44. The van der Waals surface area contributed by atoms with Crippen molar-refractivity contribution in [3.05, 3.63) is 77.0 Å². The zero-order chi connectivity index (χ0) is 20.8. The highest BCUT2D eigenvalue weighted by atomic mass is 32.2. The number of rotatable bonds is 4. The summed E-state index contributed by atoms with van der Waals surface area (Å²) in [6.45, 7) is 8.79. The molecular weight excluding hydrogens is 390 g/mol. The van der Waals surface area contributed by atoms with Crippen LogP contribution in [0, 0.1) is 20.8 Å². The minimum atomic E-state index is 0.0156. The van der Waals surface area contributed by atoms with E-state index in [2.05, 4.69) is 71.4 Å². The lowest BCUT2D eigenvalue weighted by atomic mass is 9.95. The summed E-state index contributed by atoms with van der Waals surface area (Å²) in [4.78, 5) is 17.1. The lowest BCUT2D eigenvalue weighted by Gasteiger charge is -2.32. The third-order valence-electron chi connectivity index (χ3n) is 6.31. The summed E-state index contributed by atoms with van der Waals surface area (Å²) < 4.78 is 2.29. The quantitative estimate of drug-likeness (QED) is 0.587. The zero-order valence-electron chi connectivity index (χ0n) is 17.9. The molecule has 0 spiro atoms. The molecular formula is C24H27N5S. The molecule has 0 amide bonds. The van der Waals surface area contributed by atoms with Crippen LogP contribution in [-0.4, -0.2) is 36.4 Å². The number of nitrogens with zero attached hydrogens (tertiary/aromatic N) is 5. The molecule has 1 saturated heterocycles. The molecule has 0 aliphatic carbocycles. The van der Waals surface area contributed by atoms with Crippen LogP contribution in [-0.2, 0) is 0 Å². The summed E-state index contributed by atoms with van der Waals surface area (Å²) in [5.41, 5.74) is 5.99. The van der Waals surface area contributed by atoms with Gasteiger partial charge in [0.15, 0.2) is 5.17 Å². The molecule has 3 atom stereocenters. The van der Waals surface area contributed by atoms with Crippen LogP contribution in [0.5, 0.6) is 0 Å². The average Bonchev–Trinajstić information content (AvgIpc) is 3.41. The molecule has 5 heterocycles. The van der Waals surface area contributed by atoms with Crippen LogP contribution in [0.15, 0.2) is 53.8 Å². The maximum absolute atomic E-state index is 5.16. The first-order valence-corrected chi connectivity index (χ1v) is 11.6. The van der Waals surface area contributed by atoms with Gasteiger partial charge in [0.2, 0.25) is 0 Å². The van der Waals surface area contributed by atoms with Crippen molar-refractivity contribution in [2.75, 3.05) is 5.75 Å². The number of aromatic nitrogens is 3. The number of hydrogen-bond acceptors (Lipinski definition) is 5. The van der Waals surface area contributed by atoms with Crippen LogP contribution < -0.4 is 0 Å². The van der Waals surface area contributed by atoms with Crippen LogP contribution in [0.2, 0.25) is 0 Å². The Bertz CT molecular complexity index is 1100. The Morgan fingerprint density at radius 1 is 1.07 bits per heavy atom. The van der Waals surface area contributed by atoms with Gasteiger partial charge in [-0.3, -0.25) is 9.98 Å². The number of thioether (sulfide) groups is 1. The first-order valence-electron chi connectivity index (χ1n) is 10.6. The first-order chi connectivity index (χ1) is 14.6. The van der Waals surface area contributed by atoms with Gasteiger partial charge in [-0.15, -0.1) is 0 Å². The Hall–Kier alpha value is -2.60. The molecule has 3 aromatic heterocycles. The van der Waals surface area contributed by atoms with E-state index in [9.17, 15) is 0 Å². The van der Waals surface area contributed by atoms with E-state index in [0.29, 0.717) is 6.04 Å². The van der Waals surface area contributed by atoms with E-state index in [1.54, 1.807) is 0 Å². The average molecular weight is 418 g/mol. The van der Waals surface area contributed by atoms with Gasteiger partial charge in [-0.2, -0.15) is 0 Å². The molecule has 2 aliphatic rings. The fourth-order valence-corrected chi connectivity index (χ4v) is 6.15. The van der Waals surface area contributed by atoms with E-state index in [4.69, 9.17) is 4.99 Å². The largest absolute Gasteiger partial charge is 0.338 e. The molecule has 1 fully saturated rings. The van der Waals surface area contributed by atoms with Crippen molar-refractivity contribution in [2.45, 2.75) is 52.2 Å². The number of fused-ring (bicyclic) bond motifs is 1. The minimum Gasteiger partial charge on any atom is -0.338 e. The van der Waals surface area contributed by atoms with Gasteiger partial charge >= 0.3 is 0 Å². The SMILES string of the molecule is CC[C@H]1CSC2=N[C@H](c3ccccn3)[C@@H](c3cc(C)n(-c4ncccc4C)c3C)N21. The normalized spacial score (nSPS) is 23.0. The third kappa shape index (κ3) is 2.97. The highest BCUT2D eigenvalue weighted by Gasteiger charge is 2.46. The molecule has 5 nitrogen and oxygen atoms in total. The lowest BCUT2D eigenvalue weighted by Crippen LogP contribution is -2.35. The van der Waals surface area contributed by atoms with Gasteiger partial charge in [-0.05, 0) is 62.6 Å². The van der Waals surface area contributed by atoms with Crippen molar-refractivity contribution < 1.29 is 0 Å². The Kier molecular flexibility index (Phi) is 4.89. The van der Waals surface area contributed by atoms with Gasteiger partial charge in [-0.1, -0.05) is 30.8 Å². The minimum absolute atomic E-state index is 0.0156. The van der Waals surface area contributed by atoms with E-state index >= 15 is 0 Å². The van der Waals surface area contributed by atoms with Gasteiger partial charge in [0, 0.05) is 35.6 Å². The predicted octanol–water partition coefficient (Wildman–Crippen LogP) is 5.17. The maximum Gasteiger partial charge on any atom is 0.160 e. The maximum atomic E-state index is 5.16. The summed E-state index contributed by atoms with van der Waals surface area (Å²) in [7, 11) is 0. The highest BCUT2D eigenvalue weighted by Crippen LogP contribution is 2.49. The fourth-order valence-electron chi connectivity index (χ4n) is 4.81. The number of aliphatic imine (C=N–C) groups is 1.